The first-order chi connectivity index (χ1) is 3.79. The zero-order chi connectivity index (χ0) is 5.98. The van der Waals surface area contributed by atoms with Gasteiger partial charge in [-0.15, -0.1) is 11.8 Å². The molecule has 52 valence electrons. The van der Waals surface area contributed by atoms with Crippen molar-refractivity contribution in [3.8, 4) is 0 Å². The van der Waals surface area contributed by atoms with Crippen molar-refractivity contribution in [2.24, 2.45) is 0 Å². The van der Waals surface area contributed by atoms with Crippen molar-refractivity contribution < 1.29 is 35.0 Å². The van der Waals surface area contributed by atoms with E-state index in [-0.39, 0.29) is 35.0 Å². The van der Waals surface area contributed by atoms with Crippen LogP contribution in [0.25, 0.3) is 0 Å². The smallest absolute Gasteiger partial charge is 0.412 e. The first kappa shape index (κ1) is 13.7. The minimum absolute atomic E-state index is 0. The Morgan fingerprint density at radius 2 is 2.20 bits per heavy atom. The molecule has 3 N–H and O–H groups in total. The van der Waals surface area contributed by atoms with Gasteiger partial charge in [-0.3, -0.25) is 0 Å². The van der Waals surface area contributed by atoms with E-state index in [2.05, 4.69) is 30.2 Å². The van der Waals surface area contributed by atoms with E-state index in [0.717, 1.165) is 0 Å². The Hall–Kier alpha value is 1.16. The van der Waals surface area contributed by atoms with E-state index in [1.54, 1.807) is 11.8 Å². The fourth-order valence-electron chi connectivity index (χ4n) is 0.355. The molecule has 6 heteroatoms. The molecule has 0 bridgehead atoms. The molecule has 0 fully saturated rings. The van der Waals surface area contributed by atoms with Gasteiger partial charge in [-0.25, -0.2) is 0 Å². The molecule has 0 saturated heterocycles. The standard InChI is InChI=1S/C4H5NS3.Na.H2O/c6-4(7)5-3-1-2-8-3;;/h1-3H,(H2,5,6,7);;1H2/q;+1;/p-1. The molecule has 0 radical (unpaired) electrons. The number of hydrogen-bond acceptors (Lipinski definition) is 3. The van der Waals surface area contributed by atoms with Crippen molar-refractivity contribution in [1.82, 2.24) is 5.32 Å². The van der Waals surface area contributed by atoms with Gasteiger partial charge in [0.25, 0.3) is 0 Å². The van der Waals surface area contributed by atoms with Crippen molar-refractivity contribution in [3.63, 3.8) is 0 Å². The second-order valence-corrected chi connectivity index (χ2v) is 3.44. The molecule has 0 aliphatic carbocycles. The molecule has 1 atom stereocenters. The van der Waals surface area contributed by atoms with Crippen LogP contribution in [0.3, 0.4) is 0 Å². The Morgan fingerprint density at radius 3 is 2.30 bits per heavy atom. The molecule has 0 aromatic rings. The minimum atomic E-state index is 0. The van der Waals surface area contributed by atoms with Crippen LogP contribution >= 0.6 is 24.0 Å². The van der Waals surface area contributed by atoms with Gasteiger partial charge < -0.3 is 35.6 Å². The summed E-state index contributed by atoms with van der Waals surface area (Å²) in [5.74, 6) is 0. The molecule has 1 unspecified atom stereocenters. The van der Waals surface area contributed by atoms with Crippen LogP contribution in [-0.4, -0.2) is 15.2 Å². The zero-order valence-electron chi connectivity index (χ0n) is 5.46. The molecule has 1 rings (SSSR count). The summed E-state index contributed by atoms with van der Waals surface area (Å²) in [6.45, 7) is 0. The molecule has 0 saturated carbocycles. The third kappa shape index (κ3) is 4.90. The SMILES string of the molecule is O.S=C([S-])NC1C=CS1.[Na+]. The molecular formula is C4H6NNaOS3. The average molecular weight is 203 g/mol. The number of thiocarbonyl (C=S) groups is 1. The van der Waals surface area contributed by atoms with Gasteiger partial charge in [0, 0.05) is 0 Å². The van der Waals surface area contributed by atoms with Crippen LogP contribution in [0.1, 0.15) is 0 Å². The largest absolute Gasteiger partial charge is 1.00 e. The van der Waals surface area contributed by atoms with Crippen molar-refractivity contribution in [2.45, 2.75) is 5.37 Å². The first-order valence-corrected chi connectivity index (χ1v) is 3.84. The summed E-state index contributed by atoms with van der Waals surface area (Å²) in [6, 6.07) is 0. The Labute approximate surface area is 97.2 Å². The van der Waals surface area contributed by atoms with Gasteiger partial charge in [0.15, 0.2) is 0 Å². The molecular weight excluding hydrogens is 197 g/mol. The first-order valence-electron chi connectivity index (χ1n) is 2.08. The van der Waals surface area contributed by atoms with Gasteiger partial charge in [-0.1, -0.05) is 4.32 Å². The molecule has 2 nitrogen and oxygen atoms in total. The van der Waals surface area contributed by atoms with E-state index >= 15 is 0 Å². The Morgan fingerprint density at radius 1 is 1.70 bits per heavy atom. The number of nitrogens with one attached hydrogen (secondary N) is 1. The van der Waals surface area contributed by atoms with E-state index in [1.807, 2.05) is 11.5 Å². The van der Waals surface area contributed by atoms with E-state index in [4.69, 9.17) is 0 Å². The summed E-state index contributed by atoms with van der Waals surface area (Å²) in [7, 11) is 0. The van der Waals surface area contributed by atoms with Crippen LogP contribution in [0.5, 0.6) is 0 Å². The van der Waals surface area contributed by atoms with E-state index in [1.165, 1.54) is 0 Å². The maximum atomic E-state index is 4.63. The van der Waals surface area contributed by atoms with Gasteiger partial charge in [0.05, 0.1) is 5.37 Å². The average Bonchev–Trinajstić information content (AvgIpc) is 1.55. The predicted octanol–water partition coefficient (Wildman–Crippen LogP) is -2.83. The molecule has 1 aliphatic rings. The minimum Gasteiger partial charge on any atom is -0.412 e. The van der Waals surface area contributed by atoms with Crippen molar-refractivity contribution in [1.29, 1.82) is 0 Å². The number of hydrogen-bond donors (Lipinski definition) is 1. The molecule has 0 aromatic carbocycles. The van der Waals surface area contributed by atoms with E-state index in [0.29, 0.717) is 9.69 Å². The quantitative estimate of drug-likeness (QED) is 0.283. The van der Waals surface area contributed by atoms with Crippen LogP contribution in [0, 0.1) is 0 Å². The van der Waals surface area contributed by atoms with Crippen LogP contribution in [0.15, 0.2) is 11.5 Å². The predicted molar refractivity (Wildman–Crippen MR) is 47.2 cm³/mol. The van der Waals surface area contributed by atoms with Gasteiger partial charge >= 0.3 is 29.6 Å². The molecule has 1 aliphatic heterocycles. The summed E-state index contributed by atoms with van der Waals surface area (Å²) in [6.07, 6.45) is 2.02. The van der Waals surface area contributed by atoms with Crippen molar-refractivity contribution in [2.75, 3.05) is 0 Å². The Kier molecular flexibility index (Phi) is 9.40. The molecule has 0 amide bonds. The van der Waals surface area contributed by atoms with Crippen LogP contribution < -0.4 is 34.9 Å². The van der Waals surface area contributed by atoms with Gasteiger partial charge in [-0.2, -0.15) is 0 Å². The summed E-state index contributed by atoms with van der Waals surface area (Å²) < 4.78 is 0.451. The normalized spacial score (nSPS) is 19.4. The Bertz CT molecular complexity index is 140. The summed E-state index contributed by atoms with van der Waals surface area (Å²) in [5, 5.41) is 5.25. The van der Waals surface area contributed by atoms with Gasteiger partial charge in [0.1, 0.15) is 0 Å². The summed E-state index contributed by atoms with van der Waals surface area (Å²) >= 11 is 10.9. The van der Waals surface area contributed by atoms with E-state index in [9.17, 15) is 0 Å². The van der Waals surface area contributed by atoms with Crippen LogP contribution in [-0.2, 0) is 12.6 Å². The zero-order valence-corrected chi connectivity index (χ0v) is 9.91. The van der Waals surface area contributed by atoms with E-state index < -0.39 is 0 Å². The topological polar surface area (TPSA) is 43.5 Å². The molecule has 0 spiro atoms. The maximum absolute atomic E-state index is 4.63. The fourth-order valence-corrected chi connectivity index (χ4v) is 1.26. The second-order valence-electron chi connectivity index (χ2n) is 1.32. The number of rotatable bonds is 1. The third-order valence-corrected chi connectivity index (χ3v) is 1.86. The molecule has 10 heavy (non-hydrogen) atoms. The van der Waals surface area contributed by atoms with Crippen molar-refractivity contribution in [3.05, 3.63) is 11.5 Å². The van der Waals surface area contributed by atoms with Gasteiger partial charge in [-0.05, 0) is 11.5 Å². The fraction of sp³-hybridized carbons (Fsp3) is 0.250. The third-order valence-electron chi connectivity index (χ3n) is 0.739. The molecule has 1 heterocycles. The Balaban J connectivity index is 0. The van der Waals surface area contributed by atoms with Crippen LogP contribution in [0.4, 0.5) is 0 Å². The number of thioether (sulfide) groups is 1. The van der Waals surface area contributed by atoms with Crippen molar-refractivity contribution >= 4 is 40.9 Å². The second kappa shape index (κ2) is 6.84. The molecule has 0 aromatic heterocycles. The van der Waals surface area contributed by atoms with Gasteiger partial charge in [0.2, 0.25) is 0 Å². The summed E-state index contributed by atoms with van der Waals surface area (Å²) in [4.78, 5) is 0. The van der Waals surface area contributed by atoms with Crippen LogP contribution in [0.2, 0.25) is 0 Å². The monoisotopic (exact) mass is 203 g/mol. The maximum Gasteiger partial charge on any atom is 1.00 e. The summed E-state index contributed by atoms with van der Waals surface area (Å²) in [5.41, 5.74) is 0.